The summed E-state index contributed by atoms with van der Waals surface area (Å²) in [5, 5.41) is 3.26. The zero-order chi connectivity index (χ0) is 16.2. The van der Waals surface area contributed by atoms with Crippen LogP contribution >= 0.6 is 0 Å². The van der Waals surface area contributed by atoms with Crippen LogP contribution in [0.2, 0.25) is 0 Å². The normalized spacial score (nSPS) is 28.5. The van der Waals surface area contributed by atoms with Crippen LogP contribution in [0, 0.1) is 5.92 Å². The summed E-state index contributed by atoms with van der Waals surface area (Å²) in [6.07, 6.45) is 5.67. The molecule has 4 nitrogen and oxygen atoms in total. The van der Waals surface area contributed by atoms with Crippen LogP contribution < -0.4 is 5.32 Å². The van der Waals surface area contributed by atoms with Crippen LogP contribution in [0.5, 0.6) is 0 Å². The van der Waals surface area contributed by atoms with Gasteiger partial charge in [0.2, 0.25) is 11.8 Å². The molecule has 1 N–H and O–H groups in total. The molecule has 1 aliphatic carbocycles. The number of nitrogens with one attached hydrogen (secondary N) is 1. The minimum Gasteiger partial charge on any atom is -0.353 e. The maximum Gasteiger partial charge on any atom is 0.223 e. The van der Waals surface area contributed by atoms with Crippen LogP contribution in [0.25, 0.3) is 0 Å². The van der Waals surface area contributed by atoms with Crippen LogP contribution in [0.15, 0.2) is 30.3 Å². The first-order valence-corrected chi connectivity index (χ1v) is 8.74. The third kappa shape index (κ3) is 3.74. The van der Waals surface area contributed by atoms with E-state index in [0.29, 0.717) is 18.9 Å². The van der Waals surface area contributed by atoms with Crippen molar-refractivity contribution in [2.75, 3.05) is 13.6 Å². The maximum absolute atomic E-state index is 12.6. The zero-order valence-electron chi connectivity index (χ0n) is 13.8. The Morgan fingerprint density at radius 3 is 2.61 bits per heavy atom. The fourth-order valence-electron chi connectivity index (χ4n) is 3.87. The first-order valence-electron chi connectivity index (χ1n) is 8.74. The van der Waals surface area contributed by atoms with Crippen molar-refractivity contribution in [3.63, 3.8) is 0 Å². The number of carbonyl (C=O) groups is 2. The Morgan fingerprint density at radius 2 is 1.87 bits per heavy atom. The van der Waals surface area contributed by atoms with Crippen LogP contribution in [-0.4, -0.2) is 36.3 Å². The highest BCUT2D eigenvalue weighted by Crippen LogP contribution is 2.33. The lowest BCUT2D eigenvalue weighted by atomic mass is 9.79. The molecule has 3 rings (SSSR count). The molecule has 0 spiro atoms. The van der Waals surface area contributed by atoms with Gasteiger partial charge in [-0.3, -0.25) is 9.59 Å². The average Bonchev–Trinajstić information content (AvgIpc) is 2.58. The third-order valence-corrected chi connectivity index (χ3v) is 5.35. The van der Waals surface area contributed by atoms with E-state index in [2.05, 4.69) is 29.6 Å². The minimum absolute atomic E-state index is 0.0688. The van der Waals surface area contributed by atoms with E-state index in [1.807, 2.05) is 13.1 Å². The monoisotopic (exact) mass is 314 g/mol. The quantitative estimate of drug-likeness (QED) is 0.932. The van der Waals surface area contributed by atoms with Gasteiger partial charge in [-0.05, 0) is 24.8 Å². The molecule has 0 aromatic heterocycles. The SMILES string of the molecule is CN1CC[C@H](C(=O)N[C@H]2CCCC[C@H]2c2ccccc2)CC1=O. The lowest BCUT2D eigenvalue weighted by molar-refractivity contribution is -0.139. The van der Waals surface area contributed by atoms with Gasteiger partial charge in [0.15, 0.2) is 0 Å². The van der Waals surface area contributed by atoms with E-state index in [0.717, 1.165) is 19.3 Å². The molecule has 4 heteroatoms. The Hall–Kier alpha value is -1.84. The van der Waals surface area contributed by atoms with Crippen molar-refractivity contribution in [1.29, 1.82) is 0 Å². The molecule has 23 heavy (non-hydrogen) atoms. The summed E-state index contributed by atoms with van der Waals surface area (Å²) in [7, 11) is 1.81. The van der Waals surface area contributed by atoms with Gasteiger partial charge in [0.05, 0.1) is 0 Å². The van der Waals surface area contributed by atoms with Crippen molar-refractivity contribution in [3.05, 3.63) is 35.9 Å². The average molecular weight is 314 g/mol. The number of likely N-dealkylation sites (tertiary alicyclic amines) is 1. The smallest absolute Gasteiger partial charge is 0.223 e. The van der Waals surface area contributed by atoms with Gasteiger partial charge in [-0.2, -0.15) is 0 Å². The van der Waals surface area contributed by atoms with Crippen molar-refractivity contribution in [3.8, 4) is 0 Å². The van der Waals surface area contributed by atoms with Crippen molar-refractivity contribution in [2.24, 2.45) is 5.92 Å². The number of carbonyl (C=O) groups excluding carboxylic acids is 2. The van der Waals surface area contributed by atoms with E-state index in [1.165, 1.54) is 18.4 Å². The van der Waals surface area contributed by atoms with Crippen molar-refractivity contribution in [2.45, 2.75) is 50.5 Å². The fraction of sp³-hybridized carbons (Fsp3) is 0.579. The van der Waals surface area contributed by atoms with Gasteiger partial charge in [-0.15, -0.1) is 0 Å². The molecule has 1 saturated carbocycles. The number of amides is 2. The number of hydrogen-bond donors (Lipinski definition) is 1. The summed E-state index contributed by atoms with van der Waals surface area (Å²) in [5.74, 6) is 0.395. The summed E-state index contributed by atoms with van der Waals surface area (Å²) in [5.41, 5.74) is 1.32. The van der Waals surface area contributed by atoms with E-state index < -0.39 is 0 Å². The lowest BCUT2D eigenvalue weighted by Crippen LogP contribution is -2.47. The summed E-state index contributed by atoms with van der Waals surface area (Å²) in [6, 6.07) is 10.7. The Morgan fingerprint density at radius 1 is 1.13 bits per heavy atom. The molecule has 1 aromatic carbocycles. The van der Waals surface area contributed by atoms with Crippen molar-refractivity contribution >= 4 is 11.8 Å². The predicted molar refractivity (Wildman–Crippen MR) is 89.9 cm³/mol. The molecule has 1 heterocycles. The highest BCUT2D eigenvalue weighted by Gasteiger charge is 2.33. The van der Waals surface area contributed by atoms with Crippen molar-refractivity contribution in [1.82, 2.24) is 10.2 Å². The minimum atomic E-state index is -0.156. The number of rotatable bonds is 3. The third-order valence-electron chi connectivity index (χ3n) is 5.35. The Kier molecular flexibility index (Phi) is 4.99. The van der Waals surface area contributed by atoms with Crippen LogP contribution in [-0.2, 0) is 9.59 Å². The molecule has 1 saturated heterocycles. The number of benzene rings is 1. The van der Waals surface area contributed by atoms with Gasteiger partial charge in [-0.1, -0.05) is 43.2 Å². The molecule has 0 radical (unpaired) electrons. The van der Waals surface area contributed by atoms with E-state index in [9.17, 15) is 9.59 Å². The Labute approximate surface area is 138 Å². The summed E-state index contributed by atoms with van der Waals surface area (Å²) in [6.45, 7) is 0.684. The second kappa shape index (κ2) is 7.16. The Balaban J connectivity index is 1.65. The second-order valence-electron chi connectivity index (χ2n) is 6.92. The lowest BCUT2D eigenvalue weighted by Gasteiger charge is -2.35. The topological polar surface area (TPSA) is 49.4 Å². The molecule has 2 amide bonds. The number of hydrogen-bond acceptors (Lipinski definition) is 2. The van der Waals surface area contributed by atoms with Crippen LogP contribution in [0.3, 0.4) is 0 Å². The molecular weight excluding hydrogens is 288 g/mol. The summed E-state index contributed by atoms with van der Waals surface area (Å²) < 4.78 is 0. The number of nitrogens with zero attached hydrogens (tertiary/aromatic N) is 1. The molecule has 0 bridgehead atoms. The molecule has 2 aliphatic rings. The van der Waals surface area contributed by atoms with Crippen LogP contribution in [0.4, 0.5) is 0 Å². The first kappa shape index (κ1) is 16.0. The largest absolute Gasteiger partial charge is 0.353 e. The van der Waals surface area contributed by atoms with Gasteiger partial charge < -0.3 is 10.2 Å². The van der Waals surface area contributed by atoms with Gasteiger partial charge in [0, 0.05) is 37.9 Å². The van der Waals surface area contributed by atoms with Gasteiger partial charge in [-0.25, -0.2) is 0 Å². The van der Waals surface area contributed by atoms with Gasteiger partial charge in [0.25, 0.3) is 0 Å². The second-order valence-corrected chi connectivity index (χ2v) is 6.92. The number of piperidine rings is 1. The molecule has 2 fully saturated rings. The molecule has 3 atom stereocenters. The standard InChI is InChI=1S/C19H26N2O2/c1-21-12-11-15(13-18(21)22)19(23)20-17-10-6-5-9-16(17)14-7-3-2-4-8-14/h2-4,7-8,15-17H,5-6,9-13H2,1H3,(H,20,23)/t15-,16-,17-/m0/s1. The van der Waals surface area contributed by atoms with Crippen LogP contribution in [0.1, 0.15) is 50.0 Å². The highest BCUT2D eigenvalue weighted by molar-refractivity contribution is 5.87. The van der Waals surface area contributed by atoms with E-state index in [1.54, 1.807) is 4.90 Å². The summed E-state index contributed by atoms with van der Waals surface area (Å²) >= 11 is 0. The van der Waals surface area contributed by atoms with E-state index in [-0.39, 0.29) is 23.8 Å². The van der Waals surface area contributed by atoms with Crippen molar-refractivity contribution < 1.29 is 9.59 Å². The maximum atomic E-state index is 12.6. The Bertz CT molecular complexity index is 558. The molecule has 1 aliphatic heterocycles. The molecule has 124 valence electrons. The predicted octanol–water partition coefficient (Wildman–Crippen LogP) is 2.70. The van der Waals surface area contributed by atoms with Gasteiger partial charge >= 0.3 is 0 Å². The zero-order valence-corrected chi connectivity index (χ0v) is 13.8. The first-order chi connectivity index (χ1) is 11.1. The van der Waals surface area contributed by atoms with E-state index in [4.69, 9.17) is 0 Å². The molecule has 1 aromatic rings. The molecular formula is C19H26N2O2. The fourth-order valence-corrected chi connectivity index (χ4v) is 3.87. The highest BCUT2D eigenvalue weighted by atomic mass is 16.2. The summed E-state index contributed by atoms with van der Waals surface area (Å²) in [4.78, 5) is 26.2. The van der Waals surface area contributed by atoms with E-state index >= 15 is 0 Å². The molecule has 0 unspecified atom stereocenters. The van der Waals surface area contributed by atoms with Gasteiger partial charge in [0.1, 0.15) is 0 Å².